The lowest BCUT2D eigenvalue weighted by Crippen LogP contribution is -2.00. The second-order valence-corrected chi connectivity index (χ2v) is 3.43. The Morgan fingerprint density at radius 2 is 2.06 bits per heavy atom. The SMILES string of the molecule is CNc1cncc(NCc2ncc(C)o2)c1. The van der Waals surface area contributed by atoms with E-state index in [9.17, 15) is 0 Å². The van der Waals surface area contributed by atoms with Gasteiger partial charge in [0.15, 0.2) is 0 Å². The van der Waals surface area contributed by atoms with Crippen molar-refractivity contribution < 1.29 is 4.42 Å². The van der Waals surface area contributed by atoms with Gasteiger partial charge in [-0.3, -0.25) is 4.98 Å². The summed E-state index contributed by atoms with van der Waals surface area (Å²) in [5.41, 5.74) is 1.90. The summed E-state index contributed by atoms with van der Waals surface area (Å²) in [6.07, 6.45) is 5.23. The molecule has 84 valence electrons. The highest BCUT2D eigenvalue weighted by molar-refractivity contribution is 5.53. The van der Waals surface area contributed by atoms with Gasteiger partial charge in [0.1, 0.15) is 5.76 Å². The number of rotatable bonds is 4. The summed E-state index contributed by atoms with van der Waals surface area (Å²) in [5, 5.41) is 6.22. The molecule has 0 aliphatic rings. The van der Waals surface area contributed by atoms with Crippen molar-refractivity contribution in [3.05, 3.63) is 36.3 Å². The average Bonchev–Trinajstić information content (AvgIpc) is 2.73. The molecule has 2 N–H and O–H groups in total. The lowest BCUT2D eigenvalue weighted by Gasteiger charge is -2.05. The number of anilines is 2. The lowest BCUT2D eigenvalue weighted by atomic mass is 10.3. The molecule has 2 aromatic rings. The Morgan fingerprint density at radius 1 is 1.25 bits per heavy atom. The van der Waals surface area contributed by atoms with E-state index in [2.05, 4.69) is 20.6 Å². The zero-order valence-electron chi connectivity index (χ0n) is 9.32. The zero-order chi connectivity index (χ0) is 11.4. The predicted octanol–water partition coefficient (Wildman–Crippen LogP) is 2.03. The van der Waals surface area contributed by atoms with E-state index in [1.165, 1.54) is 0 Å². The molecule has 5 nitrogen and oxygen atoms in total. The maximum Gasteiger partial charge on any atom is 0.213 e. The Balaban J connectivity index is 1.99. The fraction of sp³-hybridized carbons (Fsp3) is 0.273. The summed E-state index contributed by atoms with van der Waals surface area (Å²) >= 11 is 0. The quantitative estimate of drug-likeness (QED) is 0.822. The Morgan fingerprint density at radius 3 is 2.75 bits per heavy atom. The second-order valence-electron chi connectivity index (χ2n) is 3.43. The van der Waals surface area contributed by atoms with Crippen molar-refractivity contribution in [2.45, 2.75) is 13.5 Å². The fourth-order valence-corrected chi connectivity index (χ4v) is 1.33. The van der Waals surface area contributed by atoms with Gasteiger partial charge < -0.3 is 15.1 Å². The lowest BCUT2D eigenvalue weighted by molar-refractivity contribution is 0.479. The standard InChI is InChI=1S/C11H14N4O/c1-8-4-15-11(16-8)7-14-10-3-9(12-2)5-13-6-10/h3-6,12,14H,7H2,1-2H3. The van der Waals surface area contributed by atoms with Crippen molar-refractivity contribution in [1.82, 2.24) is 9.97 Å². The number of pyridine rings is 1. The third-order valence-corrected chi connectivity index (χ3v) is 2.14. The van der Waals surface area contributed by atoms with E-state index in [-0.39, 0.29) is 0 Å². The van der Waals surface area contributed by atoms with Gasteiger partial charge in [-0.1, -0.05) is 0 Å². The van der Waals surface area contributed by atoms with Gasteiger partial charge in [-0.05, 0) is 13.0 Å². The number of oxazole rings is 1. The predicted molar refractivity (Wildman–Crippen MR) is 62.4 cm³/mol. The smallest absolute Gasteiger partial charge is 0.213 e. The molecule has 0 spiro atoms. The number of hydrogen-bond acceptors (Lipinski definition) is 5. The molecule has 16 heavy (non-hydrogen) atoms. The Bertz CT molecular complexity index is 467. The molecular weight excluding hydrogens is 204 g/mol. The van der Waals surface area contributed by atoms with E-state index in [0.717, 1.165) is 17.1 Å². The van der Waals surface area contributed by atoms with Crippen LogP contribution in [0.25, 0.3) is 0 Å². The molecule has 5 heteroatoms. The first-order valence-electron chi connectivity index (χ1n) is 5.06. The largest absolute Gasteiger partial charge is 0.444 e. The van der Waals surface area contributed by atoms with Crippen LogP contribution >= 0.6 is 0 Å². The third kappa shape index (κ3) is 2.50. The zero-order valence-corrected chi connectivity index (χ0v) is 9.32. The van der Waals surface area contributed by atoms with Crippen molar-refractivity contribution in [1.29, 1.82) is 0 Å². The van der Waals surface area contributed by atoms with E-state index < -0.39 is 0 Å². The average molecular weight is 218 g/mol. The van der Waals surface area contributed by atoms with Crippen LogP contribution in [-0.2, 0) is 6.54 Å². The van der Waals surface area contributed by atoms with Crippen LogP contribution in [0.1, 0.15) is 11.7 Å². The normalized spacial score (nSPS) is 10.1. The van der Waals surface area contributed by atoms with Crippen LogP contribution in [0.2, 0.25) is 0 Å². The van der Waals surface area contributed by atoms with Crippen LogP contribution in [0.5, 0.6) is 0 Å². The maximum atomic E-state index is 5.35. The Kier molecular flexibility index (Phi) is 3.05. The molecule has 2 rings (SSSR count). The molecule has 2 heterocycles. The van der Waals surface area contributed by atoms with Crippen LogP contribution in [-0.4, -0.2) is 17.0 Å². The number of nitrogens with zero attached hydrogens (tertiary/aromatic N) is 2. The number of aryl methyl sites for hydroxylation is 1. The van der Waals surface area contributed by atoms with Crippen molar-refractivity contribution in [2.24, 2.45) is 0 Å². The summed E-state index contributed by atoms with van der Waals surface area (Å²) in [4.78, 5) is 8.21. The van der Waals surface area contributed by atoms with Crippen LogP contribution < -0.4 is 10.6 Å². The van der Waals surface area contributed by atoms with Crippen LogP contribution in [0.3, 0.4) is 0 Å². The summed E-state index contributed by atoms with van der Waals surface area (Å²) in [5.74, 6) is 1.49. The fourth-order valence-electron chi connectivity index (χ4n) is 1.33. The maximum absolute atomic E-state index is 5.35. The van der Waals surface area contributed by atoms with Crippen LogP contribution in [0, 0.1) is 6.92 Å². The minimum atomic E-state index is 0.558. The van der Waals surface area contributed by atoms with Crippen molar-refractivity contribution >= 4 is 11.4 Å². The molecule has 0 aromatic carbocycles. The molecule has 0 amide bonds. The summed E-state index contributed by atoms with van der Waals surface area (Å²) in [6, 6.07) is 1.97. The highest BCUT2D eigenvalue weighted by Crippen LogP contribution is 2.13. The van der Waals surface area contributed by atoms with E-state index in [4.69, 9.17) is 4.42 Å². The van der Waals surface area contributed by atoms with Gasteiger partial charge in [0.2, 0.25) is 5.89 Å². The van der Waals surface area contributed by atoms with Crippen molar-refractivity contribution in [3.8, 4) is 0 Å². The van der Waals surface area contributed by atoms with Gasteiger partial charge >= 0.3 is 0 Å². The molecule has 0 bridgehead atoms. The molecule has 0 aliphatic heterocycles. The van der Waals surface area contributed by atoms with Gasteiger partial charge in [0, 0.05) is 7.05 Å². The number of hydrogen-bond donors (Lipinski definition) is 2. The summed E-state index contributed by atoms with van der Waals surface area (Å²) in [7, 11) is 1.86. The molecule has 0 atom stereocenters. The van der Waals surface area contributed by atoms with Gasteiger partial charge in [-0.25, -0.2) is 4.98 Å². The third-order valence-electron chi connectivity index (χ3n) is 2.14. The van der Waals surface area contributed by atoms with Crippen molar-refractivity contribution in [2.75, 3.05) is 17.7 Å². The minimum absolute atomic E-state index is 0.558. The summed E-state index contributed by atoms with van der Waals surface area (Å²) in [6.45, 7) is 2.43. The van der Waals surface area contributed by atoms with E-state index in [1.807, 2.05) is 20.0 Å². The topological polar surface area (TPSA) is 63.0 Å². The molecular formula is C11H14N4O. The highest BCUT2D eigenvalue weighted by atomic mass is 16.4. The first-order chi connectivity index (χ1) is 7.78. The van der Waals surface area contributed by atoms with E-state index in [1.54, 1.807) is 18.6 Å². The Labute approximate surface area is 93.9 Å². The second kappa shape index (κ2) is 4.65. The van der Waals surface area contributed by atoms with Crippen molar-refractivity contribution in [3.63, 3.8) is 0 Å². The monoisotopic (exact) mass is 218 g/mol. The molecule has 2 aromatic heterocycles. The molecule has 0 saturated carbocycles. The summed E-state index contributed by atoms with van der Waals surface area (Å²) < 4.78 is 5.35. The van der Waals surface area contributed by atoms with E-state index in [0.29, 0.717) is 12.4 Å². The van der Waals surface area contributed by atoms with Gasteiger partial charge in [-0.15, -0.1) is 0 Å². The first kappa shape index (κ1) is 10.5. The van der Waals surface area contributed by atoms with Gasteiger partial charge in [0.05, 0.1) is 36.5 Å². The number of aromatic nitrogens is 2. The molecule has 0 unspecified atom stereocenters. The molecule has 0 aliphatic carbocycles. The van der Waals surface area contributed by atoms with Gasteiger partial charge in [0.25, 0.3) is 0 Å². The Hall–Kier alpha value is -2.04. The van der Waals surface area contributed by atoms with E-state index >= 15 is 0 Å². The molecule has 0 saturated heterocycles. The van der Waals surface area contributed by atoms with Gasteiger partial charge in [-0.2, -0.15) is 0 Å². The van der Waals surface area contributed by atoms with Crippen LogP contribution in [0.15, 0.2) is 29.1 Å². The highest BCUT2D eigenvalue weighted by Gasteiger charge is 2.00. The number of nitrogens with one attached hydrogen (secondary N) is 2. The minimum Gasteiger partial charge on any atom is -0.444 e. The first-order valence-corrected chi connectivity index (χ1v) is 5.06. The molecule has 0 fully saturated rings. The molecule has 0 radical (unpaired) electrons. The van der Waals surface area contributed by atoms with Crippen LogP contribution in [0.4, 0.5) is 11.4 Å².